The van der Waals surface area contributed by atoms with Crippen LogP contribution in [0.4, 0.5) is 0 Å². The number of carbonyl (C=O) groups excluding carboxylic acids is 1. The van der Waals surface area contributed by atoms with Gasteiger partial charge in [-0.1, -0.05) is 57.4 Å². The third-order valence-corrected chi connectivity index (χ3v) is 3.89. The predicted molar refractivity (Wildman–Crippen MR) is 113 cm³/mol. The van der Waals surface area contributed by atoms with Crippen LogP contribution in [0.25, 0.3) is 11.1 Å². The molecule has 1 saturated heterocycles. The predicted octanol–water partition coefficient (Wildman–Crippen LogP) is 4.91. The van der Waals surface area contributed by atoms with Crippen LogP contribution in [-0.4, -0.2) is 42.1 Å². The Balaban J connectivity index is 0.000000541. The number of hydrogen-bond acceptors (Lipinski definition) is 3. The maximum atomic E-state index is 12.5. The van der Waals surface area contributed by atoms with Crippen molar-refractivity contribution >= 4 is 5.91 Å². The molecule has 1 aromatic heterocycles. The monoisotopic (exact) mass is 366 g/mol. The number of hydrogen-bond donors (Lipinski definition) is 0. The van der Waals surface area contributed by atoms with Gasteiger partial charge in [0.25, 0.3) is 5.91 Å². The minimum Gasteiger partial charge on any atom is -0.378 e. The molecule has 1 amide bonds. The number of rotatable bonds is 3. The van der Waals surface area contributed by atoms with E-state index in [9.17, 15) is 4.79 Å². The van der Waals surface area contributed by atoms with Crippen LogP contribution in [0.1, 0.15) is 29.9 Å². The van der Waals surface area contributed by atoms with Crippen molar-refractivity contribution in [2.45, 2.75) is 20.8 Å². The summed E-state index contributed by atoms with van der Waals surface area (Å²) >= 11 is 0. The normalized spacial score (nSPS) is 12.6. The van der Waals surface area contributed by atoms with Gasteiger partial charge in [0.1, 0.15) is 0 Å². The van der Waals surface area contributed by atoms with Crippen molar-refractivity contribution in [1.82, 2.24) is 9.88 Å². The Kier molecular flexibility index (Phi) is 10.4. The smallest absolute Gasteiger partial charge is 0.254 e. The molecular weight excluding hydrogens is 336 g/mol. The maximum absolute atomic E-state index is 12.5. The summed E-state index contributed by atoms with van der Waals surface area (Å²) < 4.78 is 5.29. The molecular formula is C23H30N2O2. The van der Waals surface area contributed by atoms with E-state index in [0.717, 1.165) is 22.4 Å². The molecule has 4 heteroatoms. The number of aryl methyl sites for hydroxylation is 1. The zero-order valence-corrected chi connectivity index (χ0v) is 16.6. The minimum atomic E-state index is 0.0710. The molecule has 0 unspecified atom stereocenters. The molecule has 144 valence electrons. The van der Waals surface area contributed by atoms with Crippen molar-refractivity contribution in [3.63, 3.8) is 0 Å². The summed E-state index contributed by atoms with van der Waals surface area (Å²) in [4.78, 5) is 18.7. The number of nitrogens with zero attached hydrogens (tertiary/aromatic N) is 2. The van der Waals surface area contributed by atoms with E-state index in [1.54, 1.807) is 18.3 Å². The van der Waals surface area contributed by atoms with Gasteiger partial charge in [-0.3, -0.25) is 9.78 Å². The summed E-state index contributed by atoms with van der Waals surface area (Å²) in [6.07, 6.45) is 5.06. The average Bonchev–Trinajstić information content (AvgIpc) is 2.76. The van der Waals surface area contributed by atoms with Gasteiger partial charge in [-0.15, -0.1) is 0 Å². The summed E-state index contributed by atoms with van der Waals surface area (Å²) in [7, 11) is 0. The lowest BCUT2D eigenvalue weighted by atomic mass is 10.0. The lowest BCUT2D eigenvalue weighted by molar-refractivity contribution is 0.0303. The van der Waals surface area contributed by atoms with Crippen molar-refractivity contribution < 1.29 is 9.53 Å². The Morgan fingerprint density at radius 2 is 1.78 bits per heavy atom. The number of morpholine rings is 1. The van der Waals surface area contributed by atoms with Crippen LogP contribution >= 0.6 is 0 Å². The summed E-state index contributed by atoms with van der Waals surface area (Å²) in [5.74, 6) is 0.0710. The van der Waals surface area contributed by atoms with Crippen LogP contribution < -0.4 is 0 Å². The lowest BCUT2D eigenvalue weighted by Gasteiger charge is -2.27. The molecule has 4 nitrogen and oxygen atoms in total. The highest BCUT2D eigenvalue weighted by molar-refractivity contribution is 5.95. The Bertz CT molecular complexity index is 729. The topological polar surface area (TPSA) is 42.4 Å². The van der Waals surface area contributed by atoms with E-state index in [0.29, 0.717) is 26.3 Å². The van der Waals surface area contributed by atoms with Crippen molar-refractivity contribution in [2.75, 3.05) is 26.3 Å². The van der Waals surface area contributed by atoms with Gasteiger partial charge in [-0.25, -0.2) is 0 Å². The molecule has 1 fully saturated rings. The fourth-order valence-electron chi connectivity index (χ4n) is 2.56. The molecule has 1 aliphatic heterocycles. The summed E-state index contributed by atoms with van der Waals surface area (Å²) in [6, 6.07) is 11.7. The maximum Gasteiger partial charge on any atom is 0.254 e. The molecule has 1 aromatic carbocycles. The Morgan fingerprint density at radius 3 is 2.37 bits per heavy atom. The molecule has 0 atom stereocenters. The molecule has 1 aliphatic rings. The van der Waals surface area contributed by atoms with Gasteiger partial charge >= 0.3 is 0 Å². The highest BCUT2D eigenvalue weighted by atomic mass is 16.5. The van der Waals surface area contributed by atoms with E-state index < -0.39 is 0 Å². The van der Waals surface area contributed by atoms with Crippen LogP contribution in [0.2, 0.25) is 0 Å². The third-order valence-electron chi connectivity index (χ3n) is 3.89. The van der Waals surface area contributed by atoms with Gasteiger partial charge in [0.2, 0.25) is 0 Å². The van der Waals surface area contributed by atoms with E-state index >= 15 is 0 Å². The molecule has 3 rings (SSSR count). The van der Waals surface area contributed by atoms with Crippen LogP contribution in [0.15, 0.2) is 67.9 Å². The number of benzene rings is 1. The van der Waals surface area contributed by atoms with Crippen LogP contribution in [0.3, 0.4) is 0 Å². The van der Waals surface area contributed by atoms with Crippen LogP contribution in [-0.2, 0) is 4.74 Å². The van der Waals surface area contributed by atoms with E-state index in [-0.39, 0.29) is 5.91 Å². The van der Waals surface area contributed by atoms with E-state index in [4.69, 9.17) is 4.74 Å². The van der Waals surface area contributed by atoms with Gasteiger partial charge in [-0.05, 0) is 30.7 Å². The molecule has 2 aromatic rings. The number of pyridine rings is 1. The number of carbonyl (C=O) groups is 1. The third kappa shape index (κ3) is 6.83. The number of ether oxygens (including phenoxy) is 1. The molecule has 0 bridgehead atoms. The van der Waals surface area contributed by atoms with Gasteiger partial charge in [0.05, 0.1) is 13.2 Å². The fourth-order valence-corrected chi connectivity index (χ4v) is 2.56. The largest absolute Gasteiger partial charge is 0.378 e. The average molecular weight is 367 g/mol. The molecule has 0 spiro atoms. The van der Waals surface area contributed by atoms with Crippen molar-refractivity contribution in [3.05, 3.63) is 79.2 Å². The Hall–Kier alpha value is -2.72. The van der Waals surface area contributed by atoms with Gasteiger partial charge in [0, 0.05) is 36.1 Å². The molecule has 0 radical (unpaired) electrons. The highest BCUT2D eigenvalue weighted by Crippen LogP contribution is 2.23. The zero-order valence-electron chi connectivity index (χ0n) is 16.6. The Labute approximate surface area is 163 Å². The molecule has 2 heterocycles. The molecule has 27 heavy (non-hydrogen) atoms. The number of aromatic nitrogens is 1. The van der Waals surface area contributed by atoms with Crippen molar-refractivity contribution in [1.29, 1.82) is 0 Å². The first-order valence-corrected chi connectivity index (χ1v) is 9.30. The fraction of sp³-hybridized carbons (Fsp3) is 0.304. The Morgan fingerprint density at radius 1 is 1.11 bits per heavy atom. The highest BCUT2D eigenvalue weighted by Gasteiger charge is 2.18. The number of amides is 1. The van der Waals surface area contributed by atoms with E-state index in [1.165, 1.54) is 0 Å². The quantitative estimate of drug-likeness (QED) is 0.725. The SMILES string of the molecule is C=CC=C.CC.Cc1ncccc1-c1cccc(C(=O)N2CCOCC2)c1. The first-order valence-electron chi connectivity index (χ1n) is 9.30. The second-order valence-corrected chi connectivity index (χ2v) is 5.59. The number of allylic oxidation sites excluding steroid dienone is 2. The minimum absolute atomic E-state index is 0.0710. The van der Waals surface area contributed by atoms with Crippen molar-refractivity contribution in [2.24, 2.45) is 0 Å². The first-order chi connectivity index (χ1) is 13.2. The summed E-state index contributed by atoms with van der Waals surface area (Å²) in [6.45, 7) is 15.3. The summed E-state index contributed by atoms with van der Waals surface area (Å²) in [5.41, 5.74) is 3.78. The second-order valence-electron chi connectivity index (χ2n) is 5.59. The standard InChI is InChI=1S/C17H18N2O2.C4H6.C2H6/c1-13-16(6-3-7-18-13)14-4-2-5-15(12-14)17(20)19-8-10-21-11-9-19;1-3-4-2;1-2/h2-7,12H,8-11H2,1H3;3-4H,1-2H2;1-2H3. The second kappa shape index (κ2) is 12.6. The van der Waals surface area contributed by atoms with Gasteiger partial charge in [-0.2, -0.15) is 0 Å². The molecule has 0 aliphatic carbocycles. The van der Waals surface area contributed by atoms with Crippen molar-refractivity contribution in [3.8, 4) is 11.1 Å². The van der Waals surface area contributed by atoms with Gasteiger partial charge < -0.3 is 9.64 Å². The van der Waals surface area contributed by atoms with Gasteiger partial charge in [0.15, 0.2) is 0 Å². The van der Waals surface area contributed by atoms with Crippen LogP contribution in [0.5, 0.6) is 0 Å². The van der Waals surface area contributed by atoms with E-state index in [2.05, 4.69) is 18.1 Å². The lowest BCUT2D eigenvalue weighted by Crippen LogP contribution is -2.40. The summed E-state index contributed by atoms with van der Waals surface area (Å²) in [5, 5.41) is 0. The van der Waals surface area contributed by atoms with E-state index in [1.807, 2.05) is 62.1 Å². The van der Waals surface area contributed by atoms with Crippen LogP contribution in [0, 0.1) is 6.92 Å². The molecule has 0 N–H and O–H groups in total. The zero-order chi connectivity index (χ0) is 20.1. The molecule has 0 saturated carbocycles. The first kappa shape index (κ1) is 22.3.